The average molecular weight is 302 g/mol. The largest absolute Gasteiger partial charge is 0.440 e. The van der Waals surface area contributed by atoms with Crippen LogP contribution in [-0.4, -0.2) is 10.9 Å². The van der Waals surface area contributed by atoms with Crippen LogP contribution in [0.2, 0.25) is 5.22 Å². The van der Waals surface area contributed by atoms with Gasteiger partial charge in [0, 0.05) is 6.20 Å². The molecule has 1 amide bonds. The van der Waals surface area contributed by atoms with Crippen LogP contribution in [0.15, 0.2) is 39.5 Å². The number of amides is 1. The molecule has 0 bridgehead atoms. The maximum atomic E-state index is 11.7. The molecule has 0 unspecified atom stereocenters. The van der Waals surface area contributed by atoms with Crippen molar-refractivity contribution in [3.8, 4) is 0 Å². The first-order chi connectivity index (χ1) is 7.66. The normalized spacial score (nSPS) is 10.1. The molecule has 2 aromatic rings. The van der Waals surface area contributed by atoms with Gasteiger partial charge in [-0.1, -0.05) is 0 Å². The van der Waals surface area contributed by atoms with Crippen LogP contribution < -0.4 is 5.32 Å². The molecular formula is C10H6BrClN2O2. The van der Waals surface area contributed by atoms with Crippen LogP contribution in [-0.2, 0) is 0 Å². The number of pyridine rings is 1. The monoisotopic (exact) mass is 300 g/mol. The van der Waals surface area contributed by atoms with E-state index < -0.39 is 0 Å². The number of nitrogens with zero attached hydrogens (tertiary/aromatic N) is 1. The predicted molar refractivity (Wildman–Crippen MR) is 63.6 cm³/mol. The van der Waals surface area contributed by atoms with Crippen LogP contribution in [0.1, 0.15) is 10.6 Å². The summed E-state index contributed by atoms with van der Waals surface area (Å²) in [6.07, 6.45) is 1.61. The second kappa shape index (κ2) is 4.67. The summed E-state index contributed by atoms with van der Waals surface area (Å²) in [5.74, 6) is -0.221. The first-order valence-corrected chi connectivity index (χ1v) is 5.51. The van der Waals surface area contributed by atoms with Crippen LogP contribution >= 0.6 is 27.5 Å². The second-order valence-electron chi connectivity index (χ2n) is 2.90. The van der Waals surface area contributed by atoms with Crippen molar-refractivity contribution in [3.05, 3.63) is 46.0 Å². The van der Waals surface area contributed by atoms with Crippen LogP contribution in [0.4, 0.5) is 5.69 Å². The molecule has 2 aromatic heterocycles. The van der Waals surface area contributed by atoms with Crippen molar-refractivity contribution in [1.82, 2.24) is 4.98 Å². The minimum absolute atomic E-state index is 0.153. The molecule has 0 spiro atoms. The zero-order valence-electron chi connectivity index (χ0n) is 7.91. The van der Waals surface area contributed by atoms with Gasteiger partial charge in [-0.2, -0.15) is 0 Å². The zero-order valence-corrected chi connectivity index (χ0v) is 10.2. The first-order valence-electron chi connectivity index (χ1n) is 4.34. The highest BCUT2D eigenvalue weighted by Gasteiger charge is 2.12. The summed E-state index contributed by atoms with van der Waals surface area (Å²) in [6.45, 7) is 0. The number of furan rings is 1. The molecule has 82 valence electrons. The molecule has 0 atom stereocenters. The topological polar surface area (TPSA) is 55.1 Å². The number of carbonyl (C=O) groups excluding carboxylic acids is 1. The van der Waals surface area contributed by atoms with Gasteiger partial charge in [-0.05, 0) is 51.8 Å². The number of hydrogen-bond donors (Lipinski definition) is 1. The van der Waals surface area contributed by atoms with Gasteiger partial charge >= 0.3 is 0 Å². The number of nitrogens with one attached hydrogen (secondary N) is 1. The molecule has 4 nitrogen and oxygen atoms in total. The number of rotatable bonds is 2. The molecule has 1 N–H and O–H groups in total. The molecule has 0 aliphatic rings. The lowest BCUT2D eigenvalue weighted by atomic mass is 10.4. The third-order valence-corrected chi connectivity index (χ3v) is 2.64. The molecule has 0 aromatic carbocycles. The molecule has 0 aliphatic heterocycles. The van der Waals surface area contributed by atoms with E-state index in [1.165, 1.54) is 12.1 Å². The van der Waals surface area contributed by atoms with Crippen molar-refractivity contribution >= 4 is 39.1 Å². The van der Waals surface area contributed by atoms with Gasteiger partial charge in [-0.3, -0.25) is 4.79 Å². The number of anilines is 1. The van der Waals surface area contributed by atoms with Crippen LogP contribution in [0.3, 0.4) is 0 Å². The van der Waals surface area contributed by atoms with Crippen molar-refractivity contribution in [2.45, 2.75) is 0 Å². The minimum Gasteiger partial charge on any atom is -0.440 e. The molecule has 2 rings (SSSR count). The summed E-state index contributed by atoms with van der Waals surface area (Å²) < 4.78 is 5.53. The van der Waals surface area contributed by atoms with Gasteiger partial charge < -0.3 is 9.73 Å². The Morgan fingerprint density at radius 1 is 1.44 bits per heavy atom. The molecule has 0 fully saturated rings. The van der Waals surface area contributed by atoms with Gasteiger partial charge in [0.25, 0.3) is 5.91 Å². The Hall–Kier alpha value is -1.33. The van der Waals surface area contributed by atoms with Crippen molar-refractivity contribution in [2.24, 2.45) is 0 Å². The Balaban J connectivity index is 2.17. The fraction of sp³-hybridized carbons (Fsp3) is 0. The van der Waals surface area contributed by atoms with Crippen LogP contribution in [0.5, 0.6) is 0 Å². The van der Waals surface area contributed by atoms with Crippen LogP contribution in [0, 0.1) is 0 Å². The van der Waals surface area contributed by atoms with E-state index in [1.807, 2.05) is 0 Å². The third-order valence-electron chi connectivity index (χ3n) is 1.80. The fourth-order valence-electron chi connectivity index (χ4n) is 1.10. The van der Waals surface area contributed by atoms with Gasteiger partial charge in [-0.25, -0.2) is 4.98 Å². The van der Waals surface area contributed by atoms with Crippen molar-refractivity contribution in [3.63, 3.8) is 0 Å². The Bertz CT molecular complexity index is 527. The van der Waals surface area contributed by atoms with Gasteiger partial charge in [0.05, 0.1) is 5.69 Å². The van der Waals surface area contributed by atoms with Crippen LogP contribution in [0.25, 0.3) is 0 Å². The number of aromatic nitrogens is 1. The van der Waals surface area contributed by atoms with E-state index in [9.17, 15) is 4.79 Å². The summed E-state index contributed by atoms with van der Waals surface area (Å²) in [6, 6.07) is 6.45. The quantitative estimate of drug-likeness (QED) is 0.866. The van der Waals surface area contributed by atoms with Gasteiger partial charge in [-0.15, -0.1) is 0 Å². The van der Waals surface area contributed by atoms with Gasteiger partial charge in [0.2, 0.25) is 0 Å². The summed E-state index contributed by atoms with van der Waals surface area (Å²) in [5.41, 5.74) is 0.569. The van der Waals surface area contributed by atoms with Crippen molar-refractivity contribution in [2.75, 3.05) is 5.32 Å². The Kier molecular flexibility index (Phi) is 3.26. The Labute approximate surface area is 105 Å². The molecule has 0 saturated carbocycles. The summed E-state index contributed by atoms with van der Waals surface area (Å²) in [4.78, 5) is 15.6. The minimum atomic E-state index is -0.374. The smallest absolute Gasteiger partial charge is 0.291 e. The van der Waals surface area contributed by atoms with Gasteiger partial charge in [0.15, 0.2) is 11.0 Å². The number of halogens is 2. The first kappa shape index (κ1) is 11.2. The average Bonchev–Trinajstić information content (AvgIpc) is 2.68. The number of hydrogen-bond acceptors (Lipinski definition) is 3. The Morgan fingerprint density at radius 2 is 2.25 bits per heavy atom. The predicted octanol–water partition coefficient (Wildman–Crippen LogP) is 3.34. The summed E-state index contributed by atoms with van der Waals surface area (Å²) in [5, 5.41) is 2.82. The third kappa shape index (κ3) is 2.43. The van der Waals surface area contributed by atoms with E-state index in [0.29, 0.717) is 10.3 Å². The maximum Gasteiger partial charge on any atom is 0.291 e. The van der Waals surface area contributed by atoms with Gasteiger partial charge in [0.1, 0.15) is 4.60 Å². The van der Waals surface area contributed by atoms with E-state index in [2.05, 4.69) is 26.2 Å². The summed E-state index contributed by atoms with van der Waals surface area (Å²) in [7, 11) is 0. The standard InChI is InChI=1S/C10H6BrClN2O2/c11-9-6(2-1-5-13-9)14-10(15)7-3-4-8(12)16-7/h1-5H,(H,14,15). The van der Waals surface area contributed by atoms with E-state index in [4.69, 9.17) is 16.0 Å². The maximum absolute atomic E-state index is 11.7. The molecule has 0 aliphatic carbocycles. The second-order valence-corrected chi connectivity index (χ2v) is 4.02. The highest BCUT2D eigenvalue weighted by Crippen LogP contribution is 2.20. The molecule has 2 heterocycles. The highest BCUT2D eigenvalue weighted by molar-refractivity contribution is 9.10. The molecular weight excluding hydrogens is 295 g/mol. The summed E-state index contributed by atoms with van der Waals surface area (Å²) >= 11 is 8.79. The molecule has 16 heavy (non-hydrogen) atoms. The van der Waals surface area contributed by atoms with E-state index in [0.717, 1.165) is 0 Å². The van der Waals surface area contributed by atoms with Crippen molar-refractivity contribution in [1.29, 1.82) is 0 Å². The van der Waals surface area contributed by atoms with Crippen molar-refractivity contribution < 1.29 is 9.21 Å². The van der Waals surface area contributed by atoms with E-state index in [1.54, 1.807) is 18.3 Å². The fourth-order valence-corrected chi connectivity index (χ4v) is 1.60. The Morgan fingerprint density at radius 3 is 2.88 bits per heavy atom. The number of carbonyl (C=O) groups is 1. The van der Waals surface area contributed by atoms with E-state index in [-0.39, 0.29) is 16.9 Å². The van der Waals surface area contributed by atoms with E-state index >= 15 is 0 Å². The highest BCUT2D eigenvalue weighted by atomic mass is 79.9. The zero-order chi connectivity index (χ0) is 11.5. The lowest BCUT2D eigenvalue weighted by molar-refractivity contribution is 0.0996. The molecule has 0 radical (unpaired) electrons. The molecule has 0 saturated heterocycles. The lowest BCUT2D eigenvalue weighted by Crippen LogP contribution is -2.11. The molecule has 6 heteroatoms. The lowest BCUT2D eigenvalue weighted by Gasteiger charge is -2.03. The SMILES string of the molecule is O=C(Nc1cccnc1Br)c1ccc(Cl)o1.